The summed E-state index contributed by atoms with van der Waals surface area (Å²) in [5, 5.41) is 21.7. The summed E-state index contributed by atoms with van der Waals surface area (Å²) in [6.07, 6.45) is 1.25. The van der Waals surface area contributed by atoms with Crippen molar-refractivity contribution in [2.24, 2.45) is 0 Å². The molecule has 0 saturated heterocycles. The number of hydrogen-bond donors (Lipinski definition) is 1. The Kier molecular flexibility index (Phi) is 4.40. The summed E-state index contributed by atoms with van der Waals surface area (Å²) >= 11 is 5.64. The highest BCUT2D eigenvalue weighted by Crippen LogP contribution is 2.25. The van der Waals surface area contributed by atoms with E-state index >= 15 is 0 Å². The minimum Gasteiger partial charge on any atom is -0.354 e. The van der Waals surface area contributed by atoms with Crippen LogP contribution in [0.5, 0.6) is 0 Å². The third-order valence-corrected chi connectivity index (χ3v) is 2.39. The molecule has 0 unspecified atom stereocenters. The van der Waals surface area contributed by atoms with E-state index in [0.29, 0.717) is 5.56 Å². The molecule has 0 fully saturated rings. The van der Waals surface area contributed by atoms with Gasteiger partial charge in [0.1, 0.15) is 16.7 Å². The van der Waals surface area contributed by atoms with E-state index in [2.05, 4.69) is 5.32 Å². The van der Waals surface area contributed by atoms with E-state index in [1.165, 1.54) is 31.3 Å². The lowest BCUT2D eigenvalue weighted by Crippen LogP contribution is -2.19. The maximum atomic E-state index is 11.3. The molecule has 0 radical (unpaired) electrons. The number of hydrogen-bond acceptors (Lipinski definition) is 4. The van der Waals surface area contributed by atoms with Crippen LogP contribution in [-0.2, 0) is 4.79 Å². The van der Waals surface area contributed by atoms with Crippen molar-refractivity contribution in [1.29, 1.82) is 5.26 Å². The molecule has 18 heavy (non-hydrogen) atoms. The van der Waals surface area contributed by atoms with Gasteiger partial charge in [-0.05, 0) is 17.7 Å². The standard InChI is InChI=1S/C11H8ClN3O3/c1-14-11(16)8(6-13)4-7-2-3-9(12)10(5-7)15(17)18/h2-5H,1H3,(H,14,16)/b8-4+. The fraction of sp³-hybridized carbons (Fsp3) is 0.0909. The Balaban J connectivity index is 3.23. The molecule has 0 aliphatic heterocycles. The number of nitriles is 1. The Hall–Kier alpha value is -2.39. The lowest BCUT2D eigenvalue weighted by Gasteiger charge is -1.99. The molecule has 0 aliphatic rings. The third kappa shape index (κ3) is 3.06. The van der Waals surface area contributed by atoms with Crippen LogP contribution in [0.15, 0.2) is 23.8 Å². The molecule has 0 aliphatic carbocycles. The van der Waals surface area contributed by atoms with Crippen LogP contribution in [0.4, 0.5) is 5.69 Å². The number of rotatable bonds is 3. The minimum absolute atomic E-state index is 0.00407. The summed E-state index contributed by atoms with van der Waals surface area (Å²) in [5.41, 5.74) is -0.0695. The number of nitrogens with zero attached hydrogens (tertiary/aromatic N) is 2. The molecule has 92 valence electrons. The molecule has 1 aromatic rings. The number of nitro groups is 1. The van der Waals surface area contributed by atoms with Crippen LogP contribution in [0, 0.1) is 21.4 Å². The first-order chi connectivity index (χ1) is 8.49. The Bertz CT molecular complexity index is 575. The molecule has 0 heterocycles. The smallest absolute Gasteiger partial charge is 0.288 e. The van der Waals surface area contributed by atoms with Gasteiger partial charge in [-0.2, -0.15) is 5.26 Å². The summed E-state index contributed by atoms with van der Waals surface area (Å²) in [6, 6.07) is 5.73. The van der Waals surface area contributed by atoms with E-state index in [4.69, 9.17) is 16.9 Å². The molecule has 0 atom stereocenters. The summed E-state index contributed by atoms with van der Waals surface area (Å²) in [5.74, 6) is -0.560. The molecular formula is C11H8ClN3O3. The molecule has 6 nitrogen and oxygen atoms in total. The number of nitrogens with one attached hydrogen (secondary N) is 1. The van der Waals surface area contributed by atoms with Crippen LogP contribution < -0.4 is 5.32 Å². The molecule has 1 N–H and O–H groups in total. The zero-order valence-electron chi connectivity index (χ0n) is 9.31. The normalized spacial score (nSPS) is 10.6. The molecule has 0 bridgehead atoms. The number of nitro benzene ring substituents is 1. The average Bonchev–Trinajstić information content (AvgIpc) is 2.36. The summed E-state index contributed by atoms with van der Waals surface area (Å²) in [6.45, 7) is 0. The highest BCUT2D eigenvalue weighted by atomic mass is 35.5. The van der Waals surface area contributed by atoms with Crippen molar-refractivity contribution >= 4 is 29.3 Å². The van der Waals surface area contributed by atoms with E-state index in [-0.39, 0.29) is 16.3 Å². The first-order valence-electron chi connectivity index (χ1n) is 4.77. The minimum atomic E-state index is -0.633. The SMILES string of the molecule is CNC(=O)/C(C#N)=C/c1ccc(Cl)c([N+](=O)[O-])c1. The van der Waals surface area contributed by atoms with Gasteiger partial charge in [-0.15, -0.1) is 0 Å². The first kappa shape index (κ1) is 13.7. The molecular weight excluding hydrogens is 258 g/mol. The second kappa shape index (κ2) is 5.80. The monoisotopic (exact) mass is 265 g/mol. The Morgan fingerprint density at radius 1 is 1.61 bits per heavy atom. The number of amides is 1. The molecule has 1 rings (SSSR count). The van der Waals surface area contributed by atoms with E-state index in [1.807, 2.05) is 0 Å². The van der Waals surface area contributed by atoms with Crippen molar-refractivity contribution in [3.63, 3.8) is 0 Å². The van der Waals surface area contributed by atoms with Crippen molar-refractivity contribution in [1.82, 2.24) is 5.32 Å². The average molecular weight is 266 g/mol. The predicted molar refractivity (Wildman–Crippen MR) is 65.8 cm³/mol. The van der Waals surface area contributed by atoms with Gasteiger partial charge in [0.2, 0.25) is 0 Å². The quantitative estimate of drug-likeness (QED) is 0.391. The topological polar surface area (TPSA) is 96.0 Å². The molecule has 7 heteroatoms. The molecule has 1 amide bonds. The van der Waals surface area contributed by atoms with Crippen LogP contribution in [-0.4, -0.2) is 17.9 Å². The largest absolute Gasteiger partial charge is 0.354 e. The number of likely N-dealkylation sites (N-methyl/N-ethyl adjacent to an activating group) is 1. The van der Waals surface area contributed by atoms with Crippen LogP contribution in [0.2, 0.25) is 5.02 Å². The number of halogens is 1. The van der Waals surface area contributed by atoms with Crippen molar-refractivity contribution in [2.45, 2.75) is 0 Å². The summed E-state index contributed by atoms with van der Waals surface area (Å²) < 4.78 is 0. The van der Waals surface area contributed by atoms with Gasteiger partial charge in [-0.25, -0.2) is 0 Å². The van der Waals surface area contributed by atoms with Crippen molar-refractivity contribution < 1.29 is 9.72 Å². The molecule has 0 spiro atoms. The van der Waals surface area contributed by atoms with Gasteiger partial charge in [-0.3, -0.25) is 14.9 Å². The first-order valence-corrected chi connectivity index (χ1v) is 5.15. The van der Waals surface area contributed by atoms with Gasteiger partial charge in [-0.1, -0.05) is 17.7 Å². The van der Waals surface area contributed by atoms with E-state index in [1.54, 1.807) is 6.07 Å². The van der Waals surface area contributed by atoms with Crippen molar-refractivity contribution in [3.8, 4) is 6.07 Å². The number of carbonyl (C=O) groups excluding carboxylic acids is 1. The van der Waals surface area contributed by atoms with Gasteiger partial charge in [0.15, 0.2) is 0 Å². The molecule has 0 aromatic heterocycles. The van der Waals surface area contributed by atoms with E-state index in [9.17, 15) is 14.9 Å². The molecule has 1 aromatic carbocycles. The van der Waals surface area contributed by atoms with Gasteiger partial charge < -0.3 is 5.32 Å². The van der Waals surface area contributed by atoms with Crippen LogP contribution in [0.1, 0.15) is 5.56 Å². The summed E-state index contributed by atoms with van der Waals surface area (Å²) in [7, 11) is 1.39. The Morgan fingerprint density at radius 3 is 2.78 bits per heavy atom. The highest BCUT2D eigenvalue weighted by Gasteiger charge is 2.13. The Labute approximate surface area is 108 Å². The van der Waals surface area contributed by atoms with E-state index < -0.39 is 10.8 Å². The molecule has 0 saturated carbocycles. The van der Waals surface area contributed by atoms with Gasteiger partial charge >= 0.3 is 0 Å². The van der Waals surface area contributed by atoms with Gasteiger partial charge in [0.25, 0.3) is 11.6 Å². The zero-order chi connectivity index (χ0) is 13.7. The van der Waals surface area contributed by atoms with E-state index in [0.717, 1.165) is 0 Å². The maximum absolute atomic E-state index is 11.3. The highest BCUT2D eigenvalue weighted by molar-refractivity contribution is 6.32. The fourth-order valence-electron chi connectivity index (χ4n) is 1.21. The third-order valence-electron chi connectivity index (χ3n) is 2.07. The second-order valence-corrected chi connectivity index (χ2v) is 3.62. The fourth-order valence-corrected chi connectivity index (χ4v) is 1.40. The van der Waals surface area contributed by atoms with Gasteiger partial charge in [0.05, 0.1) is 4.92 Å². The number of carbonyl (C=O) groups is 1. The van der Waals surface area contributed by atoms with Crippen molar-refractivity contribution in [3.05, 3.63) is 44.5 Å². The van der Waals surface area contributed by atoms with Crippen LogP contribution in [0.25, 0.3) is 6.08 Å². The lowest BCUT2D eigenvalue weighted by molar-refractivity contribution is -0.384. The lowest BCUT2D eigenvalue weighted by atomic mass is 10.1. The summed E-state index contributed by atoms with van der Waals surface area (Å²) in [4.78, 5) is 21.3. The second-order valence-electron chi connectivity index (χ2n) is 3.22. The maximum Gasteiger partial charge on any atom is 0.288 e. The van der Waals surface area contributed by atoms with Crippen LogP contribution in [0.3, 0.4) is 0 Å². The number of benzene rings is 1. The van der Waals surface area contributed by atoms with Crippen LogP contribution >= 0.6 is 11.6 Å². The zero-order valence-corrected chi connectivity index (χ0v) is 10.1. The van der Waals surface area contributed by atoms with Gasteiger partial charge in [0, 0.05) is 13.1 Å². The predicted octanol–water partition coefficient (Wildman–Crippen LogP) is 1.90. The Morgan fingerprint density at radius 2 is 2.28 bits per heavy atom. The van der Waals surface area contributed by atoms with Crippen molar-refractivity contribution in [2.75, 3.05) is 7.05 Å².